The van der Waals surface area contributed by atoms with Crippen LogP contribution in [-0.2, 0) is 7.05 Å². The Morgan fingerprint density at radius 1 is 1.00 bits per heavy atom. The molecular weight excluding hydrogens is 364 g/mol. The van der Waals surface area contributed by atoms with Crippen LogP contribution < -0.4 is 19.0 Å². The van der Waals surface area contributed by atoms with Crippen molar-refractivity contribution in [3.8, 4) is 28.5 Å². The van der Waals surface area contributed by atoms with Gasteiger partial charge in [0.25, 0.3) is 5.91 Å². The normalized spacial score (nSPS) is 11.3. The molecule has 0 saturated heterocycles. The lowest BCUT2D eigenvalue weighted by molar-refractivity contribution is 0.0998. The summed E-state index contributed by atoms with van der Waals surface area (Å²) in [6.45, 7) is 0. The number of rotatable bonds is 5. The average Bonchev–Trinajstić information content (AvgIpc) is 3.07. The third-order valence-electron chi connectivity index (χ3n) is 4.10. The first-order chi connectivity index (χ1) is 13.1. The number of hydrogen-bond donors (Lipinski definition) is 0. The van der Waals surface area contributed by atoms with Crippen molar-refractivity contribution in [2.45, 2.75) is 0 Å². The smallest absolute Gasteiger partial charge is 0.279 e. The van der Waals surface area contributed by atoms with Crippen LogP contribution in [0.25, 0.3) is 11.3 Å². The van der Waals surface area contributed by atoms with Gasteiger partial charge < -0.3 is 18.8 Å². The molecule has 0 N–H and O–H groups in total. The summed E-state index contributed by atoms with van der Waals surface area (Å²) in [5.41, 5.74) is 2.32. The molecule has 0 spiro atoms. The molecule has 3 rings (SSSR count). The Labute approximate surface area is 161 Å². The maximum atomic E-state index is 12.4. The van der Waals surface area contributed by atoms with E-state index in [1.807, 2.05) is 47.3 Å². The highest BCUT2D eigenvalue weighted by molar-refractivity contribution is 7.07. The first kappa shape index (κ1) is 18.7. The Morgan fingerprint density at radius 2 is 1.63 bits per heavy atom. The van der Waals surface area contributed by atoms with Gasteiger partial charge in [-0.2, -0.15) is 4.99 Å². The number of thiazole rings is 1. The molecule has 3 aromatic rings. The van der Waals surface area contributed by atoms with E-state index in [-0.39, 0.29) is 5.91 Å². The monoisotopic (exact) mass is 384 g/mol. The summed E-state index contributed by atoms with van der Waals surface area (Å²) in [7, 11) is 6.59. The van der Waals surface area contributed by atoms with Crippen LogP contribution in [0.3, 0.4) is 0 Å². The molecule has 1 aromatic heterocycles. The summed E-state index contributed by atoms with van der Waals surface area (Å²) in [6.07, 6.45) is 0. The van der Waals surface area contributed by atoms with Gasteiger partial charge in [0, 0.05) is 23.6 Å². The third kappa shape index (κ3) is 3.73. The highest BCUT2D eigenvalue weighted by Gasteiger charge is 2.16. The summed E-state index contributed by atoms with van der Waals surface area (Å²) in [5.74, 6) is 1.39. The second-order valence-corrected chi connectivity index (χ2v) is 6.50. The molecule has 6 nitrogen and oxygen atoms in total. The summed E-state index contributed by atoms with van der Waals surface area (Å²) in [5, 5.41) is 1.94. The van der Waals surface area contributed by atoms with Crippen molar-refractivity contribution in [1.29, 1.82) is 0 Å². The quantitative estimate of drug-likeness (QED) is 0.675. The molecule has 1 heterocycles. The Bertz CT molecular complexity index is 997. The molecular formula is C20H20N2O4S. The van der Waals surface area contributed by atoms with Crippen LogP contribution in [0.1, 0.15) is 10.4 Å². The molecule has 0 radical (unpaired) electrons. The predicted octanol–water partition coefficient (Wildman–Crippen LogP) is 3.52. The topological polar surface area (TPSA) is 62.0 Å². The van der Waals surface area contributed by atoms with Gasteiger partial charge in [0.15, 0.2) is 16.3 Å². The second kappa shape index (κ2) is 8.09. The van der Waals surface area contributed by atoms with Crippen LogP contribution in [-0.4, -0.2) is 31.8 Å². The average molecular weight is 384 g/mol. The van der Waals surface area contributed by atoms with Crippen LogP contribution in [0.15, 0.2) is 52.8 Å². The van der Waals surface area contributed by atoms with Gasteiger partial charge in [-0.1, -0.05) is 18.2 Å². The van der Waals surface area contributed by atoms with Crippen molar-refractivity contribution in [3.05, 3.63) is 58.2 Å². The fraction of sp³-hybridized carbons (Fsp3) is 0.200. The fourth-order valence-electron chi connectivity index (χ4n) is 2.69. The molecule has 0 fully saturated rings. The van der Waals surface area contributed by atoms with Crippen LogP contribution >= 0.6 is 11.3 Å². The van der Waals surface area contributed by atoms with E-state index in [2.05, 4.69) is 4.99 Å². The Kier molecular flexibility index (Phi) is 5.61. The largest absolute Gasteiger partial charge is 0.493 e. The molecule has 0 atom stereocenters. The standard InChI is InChI=1S/C20H20N2O4S/c1-22-15(14-10-16(24-2)18(26-4)17(11-14)25-3)12-27-20(22)21-19(23)13-8-6-5-7-9-13/h5-12H,1-4H3. The van der Waals surface area contributed by atoms with Gasteiger partial charge in [-0.3, -0.25) is 4.79 Å². The number of ether oxygens (including phenoxy) is 3. The minimum atomic E-state index is -0.274. The zero-order valence-electron chi connectivity index (χ0n) is 15.6. The van der Waals surface area contributed by atoms with Crippen LogP contribution in [0.5, 0.6) is 17.2 Å². The molecule has 0 unspecified atom stereocenters. The predicted molar refractivity (Wildman–Crippen MR) is 105 cm³/mol. The van der Waals surface area contributed by atoms with E-state index in [1.165, 1.54) is 11.3 Å². The van der Waals surface area contributed by atoms with E-state index >= 15 is 0 Å². The number of carbonyl (C=O) groups is 1. The summed E-state index contributed by atoms with van der Waals surface area (Å²) < 4.78 is 18.1. The summed E-state index contributed by atoms with van der Waals surface area (Å²) in [4.78, 5) is 17.2. The Balaban J connectivity index is 2.05. The maximum Gasteiger partial charge on any atom is 0.279 e. The molecule has 0 aliphatic heterocycles. The highest BCUT2D eigenvalue weighted by atomic mass is 32.1. The number of amides is 1. The molecule has 1 amide bonds. The number of nitrogens with zero attached hydrogens (tertiary/aromatic N) is 2. The first-order valence-corrected chi connectivity index (χ1v) is 9.06. The molecule has 140 valence electrons. The molecule has 27 heavy (non-hydrogen) atoms. The van der Waals surface area contributed by atoms with Crippen molar-refractivity contribution < 1.29 is 19.0 Å². The van der Waals surface area contributed by atoms with Gasteiger partial charge in [-0.15, -0.1) is 11.3 Å². The van der Waals surface area contributed by atoms with Crippen molar-refractivity contribution in [1.82, 2.24) is 4.57 Å². The van der Waals surface area contributed by atoms with Gasteiger partial charge in [-0.25, -0.2) is 0 Å². The van der Waals surface area contributed by atoms with E-state index in [9.17, 15) is 4.79 Å². The van der Waals surface area contributed by atoms with Crippen molar-refractivity contribution in [2.24, 2.45) is 12.0 Å². The fourth-order valence-corrected chi connectivity index (χ4v) is 3.60. The Morgan fingerprint density at radius 3 is 2.19 bits per heavy atom. The third-order valence-corrected chi connectivity index (χ3v) is 5.02. The Hall–Kier alpha value is -3.06. The lowest BCUT2D eigenvalue weighted by Crippen LogP contribution is -2.14. The number of aromatic nitrogens is 1. The van der Waals surface area contributed by atoms with Gasteiger partial charge in [0.2, 0.25) is 5.75 Å². The molecule has 7 heteroatoms. The van der Waals surface area contributed by atoms with Gasteiger partial charge in [-0.05, 0) is 24.3 Å². The zero-order valence-corrected chi connectivity index (χ0v) is 16.4. The lowest BCUT2D eigenvalue weighted by atomic mass is 10.1. The van der Waals surface area contributed by atoms with E-state index in [4.69, 9.17) is 14.2 Å². The van der Waals surface area contributed by atoms with E-state index < -0.39 is 0 Å². The minimum absolute atomic E-state index is 0.274. The van der Waals surface area contributed by atoms with E-state index in [0.717, 1.165) is 11.3 Å². The molecule has 0 aliphatic rings. The van der Waals surface area contributed by atoms with Crippen LogP contribution in [0.2, 0.25) is 0 Å². The van der Waals surface area contributed by atoms with Crippen LogP contribution in [0.4, 0.5) is 0 Å². The summed E-state index contributed by atoms with van der Waals surface area (Å²) in [6, 6.07) is 12.7. The molecule has 0 aliphatic carbocycles. The number of methoxy groups -OCH3 is 3. The van der Waals surface area contributed by atoms with Crippen molar-refractivity contribution in [3.63, 3.8) is 0 Å². The molecule has 2 aromatic carbocycles. The second-order valence-electron chi connectivity index (χ2n) is 5.66. The van der Waals surface area contributed by atoms with Crippen LogP contribution in [0, 0.1) is 0 Å². The van der Waals surface area contributed by atoms with Gasteiger partial charge >= 0.3 is 0 Å². The highest BCUT2D eigenvalue weighted by Crippen LogP contribution is 2.41. The van der Waals surface area contributed by atoms with E-state index in [0.29, 0.717) is 27.6 Å². The van der Waals surface area contributed by atoms with Gasteiger partial charge in [0.1, 0.15) is 0 Å². The minimum Gasteiger partial charge on any atom is -0.493 e. The molecule has 0 bridgehead atoms. The van der Waals surface area contributed by atoms with E-state index in [1.54, 1.807) is 33.5 Å². The van der Waals surface area contributed by atoms with Gasteiger partial charge in [0.05, 0.1) is 27.0 Å². The SMILES string of the molecule is COc1cc(-c2csc(=NC(=O)c3ccccc3)n2C)cc(OC)c1OC. The summed E-state index contributed by atoms with van der Waals surface area (Å²) >= 11 is 1.39. The number of benzene rings is 2. The maximum absolute atomic E-state index is 12.4. The molecule has 0 saturated carbocycles. The van der Waals surface area contributed by atoms with Crippen molar-refractivity contribution in [2.75, 3.05) is 21.3 Å². The number of hydrogen-bond acceptors (Lipinski definition) is 5. The first-order valence-electron chi connectivity index (χ1n) is 8.18. The lowest BCUT2D eigenvalue weighted by Gasteiger charge is -2.14. The van der Waals surface area contributed by atoms with Crippen molar-refractivity contribution >= 4 is 17.2 Å². The number of carbonyl (C=O) groups excluding carboxylic acids is 1. The zero-order chi connectivity index (χ0) is 19.4.